The molecule has 2 fully saturated rings. The Morgan fingerprint density at radius 2 is 1.81 bits per heavy atom. The van der Waals surface area contributed by atoms with Gasteiger partial charge >= 0.3 is 0 Å². The van der Waals surface area contributed by atoms with Crippen LogP contribution in [0.5, 0.6) is 5.75 Å². The molecular formula is C26H28N2O4. The second-order valence-corrected chi connectivity index (χ2v) is 8.19. The molecule has 32 heavy (non-hydrogen) atoms. The Bertz CT molecular complexity index is 977. The highest BCUT2D eigenvalue weighted by molar-refractivity contribution is 5.94. The molecule has 0 spiro atoms. The van der Waals surface area contributed by atoms with Crippen LogP contribution < -0.4 is 4.74 Å². The van der Waals surface area contributed by atoms with Crippen molar-refractivity contribution in [1.29, 1.82) is 0 Å². The van der Waals surface area contributed by atoms with E-state index in [1.807, 2.05) is 64.4 Å². The first-order chi connectivity index (χ1) is 15.6. The number of morpholine rings is 1. The molecule has 1 unspecified atom stereocenters. The second-order valence-electron chi connectivity index (χ2n) is 8.19. The molecular weight excluding hydrogens is 404 g/mol. The number of rotatable bonds is 5. The van der Waals surface area contributed by atoms with Crippen molar-refractivity contribution in [3.05, 3.63) is 65.7 Å². The lowest BCUT2D eigenvalue weighted by molar-refractivity contribution is -0.145. The monoisotopic (exact) mass is 432 g/mol. The first-order valence-corrected chi connectivity index (χ1v) is 11.1. The highest BCUT2D eigenvalue weighted by atomic mass is 16.5. The Balaban J connectivity index is 1.26. The summed E-state index contributed by atoms with van der Waals surface area (Å²) in [5.74, 6) is 3.43. The number of terminal acetylenes is 1. The minimum atomic E-state index is -0.179. The zero-order valence-electron chi connectivity index (χ0n) is 18.1. The van der Waals surface area contributed by atoms with Gasteiger partial charge in [-0.25, -0.2) is 0 Å². The Kier molecular flexibility index (Phi) is 7.08. The molecule has 2 heterocycles. The molecule has 2 amide bonds. The van der Waals surface area contributed by atoms with Gasteiger partial charge in [-0.15, -0.1) is 6.42 Å². The molecule has 2 saturated heterocycles. The predicted molar refractivity (Wildman–Crippen MR) is 121 cm³/mol. The van der Waals surface area contributed by atoms with Crippen LogP contribution in [0.3, 0.4) is 0 Å². The van der Waals surface area contributed by atoms with Crippen LogP contribution in [-0.4, -0.2) is 67.1 Å². The lowest BCUT2D eigenvalue weighted by Gasteiger charge is -2.37. The Hall–Kier alpha value is -3.30. The number of likely N-dealkylation sites (tertiary alicyclic amines) is 1. The van der Waals surface area contributed by atoms with Gasteiger partial charge in [-0.05, 0) is 43.2 Å². The fourth-order valence-corrected chi connectivity index (χ4v) is 4.24. The summed E-state index contributed by atoms with van der Waals surface area (Å²) in [6, 6.07) is 16.7. The topological polar surface area (TPSA) is 59.1 Å². The van der Waals surface area contributed by atoms with Crippen molar-refractivity contribution in [2.24, 2.45) is 5.92 Å². The molecule has 0 N–H and O–H groups in total. The number of piperidine rings is 1. The molecule has 2 aliphatic rings. The Labute approximate surface area is 189 Å². The van der Waals surface area contributed by atoms with Crippen molar-refractivity contribution in [3.63, 3.8) is 0 Å². The van der Waals surface area contributed by atoms with E-state index in [0.29, 0.717) is 63.5 Å². The van der Waals surface area contributed by atoms with Gasteiger partial charge in [0.25, 0.3) is 5.91 Å². The summed E-state index contributed by atoms with van der Waals surface area (Å²) in [4.78, 5) is 29.5. The normalized spacial score (nSPS) is 19.3. The first-order valence-electron chi connectivity index (χ1n) is 11.1. The number of hydrogen-bond donors (Lipinski definition) is 0. The highest BCUT2D eigenvalue weighted by Crippen LogP contribution is 2.23. The summed E-state index contributed by atoms with van der Waals surface area (Å²) >= 11 is 0. The SMILES string of the molecule is C#Cc1cccc(OCC2CN(C(=O)C3CCN(C(=O)c4ccccc4)CC3)CCO2)c1. The van der Waals surface area contributed by atoms with Crippen molar-refractivity contribution in [2.45, 2.75) is 18.9 Å². The highest BCUT2D eigenvalue weighted by Gasteiger charge is 2.33. The van der Waals surface area contributed by atoms with E-state index >= 15 is 0 Å². The van der Waals surface area contributed by atoms with Gasteiger partial charge < -0.3 is 19.3 Å². The summed E-state index contributed by atoms with van der Waals surface area (Å²) in [6.45, 7) is 3.16. The standard InChI is InChI=1S/C26H28N2O4/c1-2-20-7-6-10-23(17-20)32-19-24-18-28(15-16-31-24)26(30)22-11-13-27(14-12-22)25(29)21-8-4-3-5-9-21/h1,3-10,17,22,24H,11-16,18-19H2. The van der Waals surface area contributed by atoms with E-state index in [1.165, 1.54) is 0 Å². The molecule has 2 aliphatic heterocycles. The number of hydrogen-bond acceptors (Lipinski definition) is 4. The summed E-state index contributed by atoms with van der Waals surface area (Å²) in [5.41, 5.74) is 1.46. The number of nitrogens with zero attached hydrogens (tertiary/aromatic N) is 2. The minimum Gasteiger partial charge on any atom is -0.491 e. The van der Waals surface area contributed by atoms with Crippen LogP contribution in [0.2, 0.25) is 0 Å². The van der Waals surface area contributed by atoms with Gasteiger partial charge in [0.2, 0.25) is 5.91 Å². The van der Waals surface area contributed by atoms with Gasteiger partial charge in [-0.1, -0.05) is 30.2 Å². The van der Waals surface area contributed by atoms with Crippen LogP contribution in [-0.2, 0) is 9.53 Å². The van der Waals surface area contributed by atoms with Crippen molar-refractivity contribution >= 4 is 11.8 Å². The van der Waals surface area contributed by atoms with Crippen molar-refractivity contribution in [2.75, 3.05) is 39.4 Å². The minimum absolute atomic E-state index is 0.0361. The van der Waals surface area contributed by atoms with E-state index in [2.05, 4.69) is 5.92 Å². The molecule has 0 aromatic heterocycles. The third kappa shape index (κ3) is 5.30. The maximum absolute atomic E-state index is 13.1. The molecule has 2 aromatic rings. The molecule has 0 radical (unpaired) electrons. The average molecular weight is 433 g/mol. The quantitative estimate of drug-likeness (QED) is 0.682. The molecule has 1 atom stereocenters. The number of amides is 2. The van der Waals surface area contributed by atoms with E-state index in [0.717, 1.165) is 5.56 Å². The fraction of sp³-hybridized carbons (Fsp3) is 0.385. The van der Waals surface area contributed by atoms with Crippen LogP contribution in [0.1, 0.15) is 28.8 Å². The van der Waals surface area contributed by atoms with Crippen LogP contribution in [0.25, 0.3) is 0 Å². The van der Waals surface area contributed by atoms with E-state index < -0.39 is 0 Å². The zero-order chi connectivity index (χ0) is 22.3. The van der Waals surface area contributed by atoms with Crippen LogP contribution in [0, 0.1) is 18.3 Å². The van der Waals surface area contributed by atoms with Gasteiger partial charge in [0.05, 0.1) is 13.2 Å². The van der Waals surface area contributed by atoms with Crippen LogP contribution in [0.4, 0.5) is 0 Å². The lowest BCUT2D eigenvalue weighted by atomic mass is 9.94. The first kappa shape index (κ1) is 21.9. The summed E-state index contributed by atoms with van der Waals surface area (Å²) in [5, 5.41) is 0. The van der Waals surface area contributed by atoms with Crippen LogP contribution in [0.15, 0.2) is 54.6 Å². The summed E-state index contributed by atoms with van der Waals surface area (Å²) in [6.07, 6.45) is 6.64. The lowest BCUT2D eigenvalue weighted by Crippen LogP contribution is -2.51. The van der Waals surface area contributed by atoms with E-state index in [4.69, 9.17) is 15.9 Å². The molecule has 166 valence electrons. The largest absolute Gasteiger partial charge is 0.491 e. The van der Waals surface area contributed by atoms with Crippen molar-refractivity contribution in [3.8, 4) is 18.1 Å². The third-order valence-corrected chi connectivity index (χ3v) is 6.04. The Morgan fingerprint density at radius 3 is 2.56 bits per heavy atom. The van der Waals surface area contributed by atoms with Crippen molar-refractivity contribution in [1.82, 2.24) is 9.80 Å². The number of ether oxygens (including phenoxy) is 2. The van der Waals surface area contributed by atoms with Crippen LogP contribution >= 0.6 is 0 Å². The second kappa shape index (κ2) is 10.3. The van der Waals surface area contributed by atoms with Gasteiger partial charge in [0.1, 0.15) is 18.5 Å². The fourth-order valence-electron chi connectivity index (χ4n) is 4.24. The maximum atomic E-state index is 13.1. The van der Waals surface area contributed by atoms with Gasteiger partial charge in [0.15, 0.2) is 0 Å². The van der Waals surface area contributed by atoms with E-state index in [-0.39, 0.29) is 23.8 Å². The molecule has 6 heteroatoms. The predicted octanol–water partition coefficient (Wildman–Crippen LogP) is 2.83. The molecule has 0 aliphatic carbocycles. The van der Waals surface area contributed by atoms with E-state index in [9.17, 15) is 9.59 Å². The van der Waals surface area contributed by atoms with E-state index in [1.54, 1.807) is 0 Å². The number of benzene rings is 2. The molecule has 0 saturated carbocycles. The zero-order valence-corrected chi connectivity index (χ0v) is 18.1. The summed E-state index contributed by atoms with van der Waals surface area (Å²) in [7, 11) is 0. The van der Waals surface area contributed by atoms with Gasteiger partial charge in [-0.3, -0.25) is 9.59 Å². The summed E-state index contributed by atoms with van der Waals surface area (Å²) < 4.78 is 11.7. The number of carbonyl (C=O) groups is 2. The molecule has 6 nitrogen and oxygen atoms in total. The smallest absolute Gasteiger partial charge is 0.253 e. The number of carbonyl (C=O) groups excluding carboxylic acids is 2. The molecule has 2 aromatic carbocycles. The molecule has 4 rings (SSSR count). The average Bonchev–Trinajstić information content (AvgIpc) is 2.87. The Morgan fingerprint density at radius 1 is 1.03 bits per heavy atom. The van der Waals surface area contributed by atoms with Gasteiger partial charge in [-0.2, -0.15) is 0 Å². The van der Waals surface area contributed by atoms with Gasteiger partial charge in [0, 0.05) is 36.7 Å². The maximum Gasteiger partial charge on any atom is 0.253 e. The van der Waals surface area contributed by atoms with Crippen molar-refractivity contribution < 1.29 is 19.1 Å². The molecule has 0 bridgehead atoms. The third-order valence-electron chi connectivity index (χ3n) is 6.04.